The van der Waals surface area contributed by atoms with Crippen LogP contribution in [0.4, 0.5) is 0 Å². The topological polar surface area (TPSA) is 108 Å². The molecule has 0 aliphatic carbocycles. The van der Waals surface area contributed by atoms with Crippen molar-refractivity contribution in [2.24, 2.45) is 10.8 Å². The summed E-state index contributed by atoms with van der Waals surface area (Å²) < 4.78 is 14.3. The molecule has 30 heavy (non-hydrogen) atoms. The first-order chi connectivity index (χ1) is 13.3. The van der Waals surface area contributed by atoms with Gasteiger partial charge in [-0.05, 0) is 11.8 Å². The fourth-order valence-electron chi connectivity index (χ4n) is 2.38. The highest BCUT2D eigenvalue weighted by molar-refractivity contribution is 6.54. The van der Waals surface area contributed by atoms with Gasteiger partial charge in [0.25, 0.3) is 0 Å². The Balaban J connectivity index is 6.22. The van der Waals surface area contributed by atoms with Crippen molar-refractivity contribution in [3.8, 4) is 0 Å². The number of halogens is 6. The largest absolute Gasteiger partial charge is 0.526 e. The lowest BCUT2D eigenvalue weighted by molar-refractivity contribution is -0.340. The van der Waals surface area contributed by atoms with Crippen LogP contribution in [0.25, 0.3) is 0 Å². The van der Waals surface area contributed by atoms with Crippen molar-refractivity contribution in [1.82, 2.24) is 5.32 Å². The highest BCUT2D eigenvalue weighted by Gasteiger charge is 2.51. The van der Waals surface area contributed by atoms with Crippen LogP contribution >= 0.6 is 69.6 Å². The SMILES string of the molecule is CC(C)(C)CC(C)(C)C(=O)NC(OC(=O)C(Cl)Cl)(OC(=O)C(Cl)Cl)OC(=O)C(Cl)Cl. The van der Waals surface area contributed by atoms with Crippen molar-refractivity contribution >= 4 is 93.4 Å². The number of alkyl halides is 6. The number of carbonyl (C=O) groups excluding carboxylic acids is 4. The molecular weight excluding hydrogens is 531 g/mol. The quantitative estimate of drug-likeness (QED) is 0.260. The van der Waals surface area contributed by atoms with Gasteiger partial charge in [0.1, 0.15) is 0 Å². The molecule has 0 rings (SSSR count). The maximum absolute atomic E-state index is 12.9. The van der Waals surface area contributed by atoms with Crippen LogP contribution in [-0.2, 0) is 33.4 Å². The summed E-state index contributed by atoms with van der Waals surface area (Å²) in [5.41, 5.74) is -1.46. The van der Waals surface area contributed by atoms with Gasteiger partial charge in [-0.3, -0.25) is 4.79 Å². The van der Waals surface area contributed by atoms with Crippen molar-refractivity contribution in [3.63, 3.8) is 0 Å². The predicted molar refractivity (Wildman–Crippen MR) is 113 cm³/mol. The van der Waals surface area contributed by atoms with Gasteiger partial charge >= 0.3 is 24.0 Å². The number of amides is 1. The number of rotatable bonds is 9. The number of esters is 3. The van der Waals surface area contributed by atoms with Gasteiger partial charge in [0.05, 0.1) is 0 Å². The summed E-state index contributed by atoms with van der Waals surface area (Å²) >= 11 is 32.6. The summed E-state index contributed by atoms with van der Waals surface area (Å²) in [5, 5.41) is 2.03. The van der Waals surface area contributed by atoms with E-state index in [0.717, 1.165) is 0 Å². The minimum absolute atomic E-state index is 0.312. The van der Waals surface area contributed by atoms with Gasteiger partial charge < -0.3 is 14.2 Å². The Morgan fingerprint density at radius 3 is 1.23 bits per heavy atom. The molecule has 0 aromatic heterocycles. The molecule has 0 aliphatic heterocycles. The van der Waals surface area contributed by atoms with Gasteiger partial charge in [-0.15, -0.1) is 0 Å². The maximum atomic E-state index is 12.9. The number of carbonyl (C=O) groups is 4. The maximum Gasteiger partial charge on any atom is 0.526 e. The third-order valence-electron chi connectivity index (χ3n) is 3.09. The Morgan fingerprint density at radius 2 is 1.00 bits per heavy atom. The first-order valence-electron chi connectivity index (χ1n) is 8.17. The average molecular weight is 552 g/mol. The first kappa shape index (κ1) is 29.6. The standard InChI is InChI=1S/C16H21Cl6NO7/c1-14(2,3)6-15(4,5)13(27)23-16(28-10(24)7(17)18,29-11(25)8(19)20)30-12(26)9(21)22/h7-9H,6H2,1-5H3,(H,23,27). The molecule has 0 radical (unpaired) electrons. The summed E-state index contributed by atoms with van der Waals surface area (Å²) in [6.45, 7) is 8.72. The minimum atomic E-state index is -3.19. The normalized spacial score (nSPS) is 12.7. The van der Waals surface area contributed by atoms with E-state index in [-0.39, 0.29) is 5.41 Å². The molecule has 0 heterocycles. The van der Waals surface area contributed by atoms with Crippen LogP contribution in [0.2, 0.25) is 0 Å². The fourth-order valence-corrected chi connectivity index (χ4v) is 2.65. The van der Waals surface area contributed by atoms with E-state index in [1.54, 1.807) is 13.8 Å². The van der Waals surface area contributed by atoms with Crippen LogP contribution < -0.4 is 5.32 Å². The van der Waals surface area contributed by atoms with Crippen LogP contribution in [0.1, 0.15) is 41.0 Å². The average Bonchev–Trinajstić information content (AvgIpc) is 2.51. The van der Waals surface area contributed by atoms with E-state index >= 15 is 0 Å². The number of ether oxygens (including phenoxy) is 3. The molecule has 0 fully saturated rings. The second kappa shape index (κ2) is 11.5. The summed E-state index contributed by atoms with van der Waals surface area (Å²) in [6.07, 6.45) is -2.88. The zero-order valence-electron chi connectivity index (χ0n) is 16.6. The highest BCUT2D eigenvalue weighted by Crippen LogP contribution is 2.34. The monoisotopic (exact) mass is 549 g/mol. The minimum Gasteiger partial charge on any atom is -0.367 e. The number of hydrogen-bond donors (Lipinski definition) is 1. The summed E-state index contributed by atoms with van der Waals surface area (Å²) in [4.78, 5) is 43.4. The third-order valence-corrected chi connectivity index (χ3v) is 4.16. The van der Waals surface area contributed by atoms with Crippen molar-refractivity contribution in [2.75, 3.05) is 0 Å². The molecule has 0 unspecified atom stereocenters. The molecule has 1 N–H and O–H groups in total. The third kappa shape index (κ3) is 10.3. The van der Waals surface area contributed by atoms with Crippen molar-refractivity contribution in [2.45, 2.75) is 61.6 Å². The molecule has 0 saturated heterocycles. The Hall–Kier alpha value is -0.380. The van der Waals surface area contributed by atoms with Gasteiger partial charge in [0, 0.05) is 5.41 Å². The van der Waals surface area contributed by atoms with E-state index in [0.29, 0.717) is 6.42 Å². The second-order valence-electron chi connectivity index (χ2n) is 7.80. The predicted octanol–water partition coefficient (Wildman–Crippen LogP) is 4.22. The van der Waals surface area contributed by atoms with Crippen LogP contribution in [0.3, 0.4) is 0 Å². The van der Waals surface area contributed by atoms with E-state index in [1.807, 2.05) is 26.1 Å². The highest BCUT2D eigenvalue weighted by atomic mass is 35.5. The lowest BCUT2D eigenvalue weighted by Crippen LogP contribution is -2.61. The van der Waals surface area contributed by atoms with Crippen molar-refractivity contribution in [1.29, 1.82) is 0 Å². The summed E-state index contributed by atoms with van der Waals surface area (Å²) in [7, 11) is 0. The molecule has 14 heteroatoms. The summed E-state index contributed by atoms with van der Waals surface area (Å²) in [6, 6.07) is 0. The van der Waals surface area contributed by atoms with Gasteiger partial charge in [0.15, 0.2) is 0 Å². The van der Waals surface area contributed by atoms with E-state index in [9.17, 15) is 19.2 Å². The van der Waals surface area contributed by atoms with Crippen molar-refractivity contribution in [3.05, 3.63) is 0 Å². The Kier molecular flexibility index (Phi) is 11.3. The van der Waals surface area contributed by atoms with Gasteiger partial charge in [0.2, 0.25) is 20.4 Å². The molecular formula is C16H21Cl6NO7. The number of hydrogen-bond acceptors (Lipinski definition) is 7. The molecule has 1 amide bonds. The van der Waals surface area contributed by atoms with E-state index in [1.165, 1.54) is 0 Å². The van der Waals surface area contributed by atoms with Crippen LogP contribution in [0.5, 0.6) is 0 Å². The molecule has 0 spiro atoms. The van der Waals surface area contributed by atoms with Gasteiger partial charge in [-0.25, -0.2) is 19.7 Å². The van der Waals surface area contributed by atoms with E-state index < -0.39 is 49.8 Å². The van der Waals surface area contributed by atoms with Crippen LogP contribution in [0, 0.1) is 10.8 Å². The summed E-state index contributed by atoms with van der Waals surface area (Å²) in [5.74, 6) is -5.20. The molecule has 0 aromatic rings. The molecule has 174 valence electrons. The second-order valence-corrected chi connectivity index (χ2v) is 11.1. The number of nitrogens with one attached hydrogen (secondary N) is 1. The molecule has 8 nitrogen and oxygen atoms in total. The van der Waals surface area contributed by atoms with Gasteiger partial charge in [-0.1, -0.05) is 104 Å². The molecule has 0 aromatic carbocycles. The van der Waals surface area contributed by atoms with E-state index in [2.05, 4.69) is 0 Å². The smallest absolute Gasteiger partial charge is 0.367 e. The van der Waals surface area contributed by atoms with Crippen LogP contribution in [-0.4, -0.2) is 44.4 Å². The van der Waals surface area contributed by atoms with E-state index in [4.69, 9.17) is 83.8 Å². The fraction of sp³-hybridized carbons (Fsp3) is 0.750. The molecule has 0 aliphatic rings. The Labute approximate surface area is 204 Å². The lowest BCUT2D eigenvalue weighted by atomic mass is 9.76. The van der Waals surface area contributed by atoms with Crippen LogP contribution in [0.15, 0.2) is 0 Å². The Morgan fingerprint density at radius 1 is 0.700 bits per heavy atom. The lowest BCUT2D eigenvalue weighted by Gasteiger charge is -2.36. The molecule has 0 atom stereocenters. The first-order valence-corrected chi connectivity index (χ1v) is 10.8. The zero-order chi connectivity index (χ0) is 24.1. The Bertz CT molecular complexity index is 606. The zero-order valence-corrected chi connectivity index (χ0v) is 21.1. The molecule has 0 saturated carbocycles. The van der Waals surface area contributed by atoms with Gasteiger partial charge in [-0.2, -0.15) is 0 Å². The molecule has 0 bridgehead atoms. The van der Waals surface area contributed by atoms with Crippen molar-refractivity contribution < 1.29 is 33.4 Å².